The van der Waals surface area contributed by atoms with Gasteiger partial charge in [0.1, 0.15) is 0 Å². The van der Waals surface area contributed by atoms with Gasteiger partial charge in [-0.25, -0.2) is 0 Å². The van der Waals surface area contributed by atoms with Gasteiger partial charge in [0.25, 0.3) is 5.91 Å². The molecule has 1 amide bonds. The second-order valence-corrected chi connectivity index (χ2v) is 3.62. The predicted molar refractivity (Wildman–Crippen MR) is 52.4 cm³/mol. The fraction of sp³-hybridized carbons (Fsp3) is 0.500. The molecule has 4 N–H and O–H groups in total. The first-order valence-corrected chi connectivity index (χ1v) is 4.78. The summed E-state index contributed by atoms with van der Waals surface area (Å²) in [6.07, 6.45) is 0.463. The van der Waals surface area contributed by atoms with Crippen LogP contribution in [0.4, 0.5) is 5.95 Å². The van der Waals surface area contributed by atoms with Crippen molar-refractivity contribution in [3.8, 4) is 0 Å². The molecular weight excluding hydrogens is 214 g/mol. The number of amides is 1. The molecule has 1 unspecified atom stereocenters. The van der Waals surface area contributed by atoms with Crippen LogP contribution in [-0.4, -0.2) is 50.2 Å². The van der Waals surface area contributed by atoms with E-state index in [9.17, 15) is 9.59 Å². The smallest absolute Gasteiger partial charge is 0.308 e. The molecule has 2 rings (SSSR count). The van der Waals surface area contributed by atoms with Crippen LogP contribution in [0.2, 0.25) is 0 Å². The van der Waals surface area contributed by atoms with E-state index in [2.05, 4.69) is 15.2 Å². The molecule has 8 nitrogen and oxygen atoms in total. The summed E-state index contributed by atoms with van der Waals surface area (Å²) in [4.78, 5) is 27.6. The number of aromatic nitrogens is 3. The lowest BCUT2D eigenvalue weighted by atomic mass is 10.1. The first-order valence-electron chi connectivity index (χ1n) is 4.78. The van der Waals surface area contributed by atoms with E-state index in [-0.39, 0.29) is 24.2 Å². The highest BCUT2D eigenvalue weighted by Crippen LogP contribution is 2.17. The molecule has 8 heteroatoms. The summed E-state index contributed by atoms with van der Waals surface area (Å²) in [6, 6.07) is 0. The zero-order valence-corrected chi connectivity index (χ0v) is 8.38. The number of anilines is 1. The van der Waals surface area contributed by atoms with Gasteiger partial charge in [0, 0.05) is 13.1 Å². The van der Waals surface area contributed by atoms with Crippen molar-refractivity contribution < 1.29 is 14.7 Å². The average Bonchev–Trinajstić information content (AvgIpc) is 2.84. The number of likely N-dealkylation sites (tertiary alicyclic amines) is 1. The summed E-state index contributed by atoms with van der Waals surface area (Å²) >= 11 is 0. The summed E-state index contributed by atoms with van der Waals surface area (Å²) < 4.78 is 0. The van der Waals surface area contributed by atoms with Crippen LogP contribution < -0.4 is 5.73 Å². The predicted octanol–water partition coefficient (Wildman–Crippen LogP) is -1.07. The minimum Gasteiger partial charge on any atom is -0.481 e. The second-order valence-electron chi connectivity index (χ2n) is 3.62. The van der Waals surface area contributed by atoms with E-state index in [4.69, 9.17) is 10.8 Å². The number of carboxylic acids is 1. The molecule has 0 saturated carbocycles. The van der Waals surface area contributed by atoms with E-state index < -0.39 is 11.9 Å². The highest BCUT2D eigenvalue weighted by molar-refractivity contribution is 5.91. The number of aromatic amines is 1. The number of carboxylic acid groups (broad SMARTS) is 1. The number of nitrogens with zero attached hydrogens (tertiary/aromatic N) is 3. The Kier molecular flexibility index (Phi) is 2.47. The van der Waals surface area contributed by atoms with E-state index in [0.717, 1.165) is 0 Å². The summed E-state index contributed by atoms with van der Waals surface area (Å²) in [5.41, 5.74) is 5.27. The largest absolute Gasteiger partial charge is 0.481 e. The minimum atomic E-state index is -0.882. The highest BCUT2D eigenvalue weighted by Gasteiger charge is 2.32. The monoisotopic (exact) mass is 225 g/mol. The fourth-order valence-electron chi connectivity index (χ4n) is 1.67. The lowest BCUT2D eigenvalue weighted by Gasteiger charge is -2.13. The van der Waals surface area contributed by atoms with Gasteiger partial charge in [-0.15, -0.1) is 5.10 Å². The maximum absolute atomic E-state index is 11.8. The molecule has 1 fully saturated rings. The van der Waals surface area contributed by atoms with Crippen molar-refractivity contribution in [2.75, 3.05) is 18.8 Å². The molecule has 2 heterocycles. The molecule has 0 spiro atoms. The minimum absolute atomic E-state index is 0.00247. The summed E-state index contributed by atoms with van der Waals surface area (Å²) in [5, 5.41) is 14.7. The van der Waals surface area contributed by atoms with Gasteiger partial charge < -0.3 is 15.7 Å². The Hall–Kier alpha value is -2.12. The first kappa shape index (κ1) is 10.4. The Balaban J connectivity index is 2.05. The molecule has 0 aromatic carbocycles. The topological polar surface area (TPSA) is 125 Å². The van der Waals surface area contributed by atoms with E-state index in [1.54, 1.807) is 0 Å². The Morgan fingerprint density at radius 3 is 2.81 bits per heavy atom. The van der Waals surface area contributed by atoms with Crippen LogP contribution in [0.3, 0.4) is 0 Å². The molecule has 1 atom stereocenters. The maximum Gasteiger partial charge on any atom is 0.308 e. The van der Waals surface area contributed by atoms with E-state index in [1.165, 1.54) is 4.90 Å². The third kappa shape index (κ3) is 1.81. The lowest BCUT2D eigenvalue weighted by Crippen LogP contribution is -2.30. The van der Waals surface area contributed by atoms with Gasteiger partial charge in [-0.1, -0.05) is 0 Å². The SMILES string of the molecule is Nc1n[nH]c(C(=O)N2CCC(C(=O)O)C2)n1. The number of H-pyrrole nitrogens is 1. The quantitative estimate of drug-likeness (QED) is 0.588. The molecule has 1 aliphatic rings. The molecule has 1 saturated heterocycles. The van der Waals surface area contributed by atoms with E-state index in [1.807, 2.05) is 0 Å². The summed E-state index contributed by atoms with van der Waals surface area (Å²) in [5.74, 6) is -1.70. The highest BCUT2D eigenvalue weighted by atomic mass is 16.4. The van der Waals surface area contributed by atoms with Crippen molar-refractivity contribution in [1.82, 2.24) is 20.1 Å². The third-order valence-electron chi connectivity index (χ3n) is 2.53. The zero-order chi connectivity index (χ0) is 11.7. The van der Waals surface area contributed by atoms with Gasteiger partial charge in [-0.3, -0.25) is 14.7 Å². The Morgan fingerprint density at radius 2 is 2.31 bits per heavy atom. The third-order valence-corrected chi connectivity index (χ3v) is 2.53. The van der Waals surface area contributed by atoms with Gasteiger partial charge >= 0.3 is 5.97 Å². The van der Waals surface area contributed by atoms with Crippen LogP contribution >= 0.6 is 0 Å². The van der Waals surface area contributed by atoms with Gasteiger partial charge in [0.05, 0.1) is 5.92 Å². The molecule has 1 aromatic heterocycles. The Bertz CT molecular complexity index is 429. The normalized spacial score (nSPS) is 20.0. The zero-order valence-electron chi connectivity index (χ0n) is 8.38. The number of hydrogen-bond donors (Lipinski definition) is 3. The van der Waals surface area contributed by atoms with Crippen molar-refractivity contribution in [1.29, 1.82) is 0 Å². The fourth-order valence-corrected chi connectivity index (χ4v) is 1.67. The molecule has 1 aliphatic heterocycles. The number of aliphatic carboxylic acids is 1. The summed E-state index contributed by atoms with van der Waals surface area (Å²) in [7, 11) is 0. The van der Waals surface area contributed by atoms with Gasteiger partial charge in [-0.2, -0.15) is 4.98 Å². The molecule has 0 bridgehead atoms. The second kappa shape index (κ2) is 3.80. The average molecular weight is 225 g/mol. The molecular formula is C8H11N5O3. The molecule has 0 aliphatic carbocycles. The number of carbonyl (C=O) groups excluding carboxylic acids is 1. The van der Waals surface area contributed by atoms with Crippen molar-refractivity contribution in [2.24, 2.45) is 5.92 Å². The first-order chi connectivity index (χ1) is 7.58. The Labute approximate surface area is 90.4 Å². The lowest BCUT2D eigenvalue weighted by molar-refractivity contribution is -0.141. The number of nitrogens with one attached hydrogen (secondary N) is 1. The van der Waals surface area contributed by atoms with Crippen LogP contribution in [0, 0.1) is 5.92 Å². The van der Waals surface area contributed by atoms with Crippen molar-refractivity contribution in [3.05, 3.63) is 5.82 Å². The number of nitrogen functional groups attached to an aromatic ring is 1. The van der Waals surface area contributed by atoms with E-state index >= 15 is 0 Å². The van der Waals surface area contributed by atoms with Crippen molar-refractivity contribution in [2.45, 2.75) is 6.42 Å². The van der Waals surface area contributed by atoms with E-state index in [0.29, 0.717) is 13.0 Å². The van der Waals surface area contributed by atoms with Crippen LogP contribution in [-0.2, 0) is 4.79 Å². The van der Waals surface area contributed by atoms with Crippen LogP contribution in [0.25, 0.3) is 0 Å². The van der Waals surface area contributed by atoms with Gasteiger partial charge in [-0.05, 0) is 6.42 Å². The molecule has 1 aromatic rings. The van der Waals surface area contributed by atoms with Crippen LogP contribution in [0.1, 0.15) is 17.0 Å². The number of rotatable bonds is 2. The maximum atomic E-state index is 11.8. The molecule has 16 heavy (non-hydrogen) atoms. The van der Waals surface area contributed by atoms with Gasteiger partial charge in [0.2, 0.25) is 11.8 Å². The molecule has 86 valence electrons. The van der Waals surface area contributed by atoms with Crippen LogP contribution in [0.5, 0.6) is 0 Å². The summed E-state index contributed by atoms with van der Waals surface area (Å²) in [6.45, 7) is 0.616. The van der Waals surface area contributed by atoms with Gasteiger partial charge in [0.15, 0.2) is 0 Å². The Morgan fingerprint density at radius 1 is 1.56 bits per heavy atom. The van der Waals surface area contributed by atoms with Crippen molar-refractivity contribution in [3.63, 3.8) is 0 Å². The number of hydrogen-bond acceptors (Lipinski definition) is 5. The molecule has 0 radical (unpaired) electrons. The van der Waals surface area contributed by atoms with Crippen LogP contribution in [0.15, 0.2) is 0 Å². The number of nitrogens with two attached hydrogens (primary N) is 1. The standard InChI is InChI=1S/C8H11N5O3/c9-8-10-5(11-12-8)6(14)13-2-1-4(3-13)7(15)16/h4H,1-3H2,(H,15,16)(H3,9,10,11,12). The van der Waals surface area contributed by atoms with Crippen molar-refractivity contribution >= 4 is 17.8 Å². The number of carbonyl (C=O) groups is 2.